The molecule has 0 heterocycles. The second-order valence-electron chi connectivity index (χ2n) is 10.2. The molecule has 0 saturated heterocycles. The van der Waals surface area contributed by atoms with Crippen molar-refractivity contribution >= 4 is 17.2 Å². The van der Waals surface area contributed by atoms with E-state index in [0.29, 0.717) is 5.78 Å². The maximum atomic E-state index is 12.2. The Morgan fingerprint density at radius 2 is 0.941 bits per heavy atom. The molecule has 2 aromatic rings. The van der Waals surface area contributed by atoms with Crippen molar-refractivity contribution in [2.24, 2.45) is 0 Å². The number of carbonyl (C=O) groups excluding carboxylic acids is 1. The number of benzene rings is 2. The Morgan fingerprint density at radius 1 is 0.559 bits per heavy atom. The highest BCUT2D eigenvalue weighted by Gasteiger charge is 2.03. The Balaban J connectivity index is 1.40. The van der Waals surface area contributed by atoms with E-state index in [1.54, 1.807) is 0 Å². The Bertz CT molecular complexity index is 760. The standard InChI is InChI=1S/C31H48N2O/c1-32(2)29-21-15-19-27(25-29)17-11-7-5-9-13-23-31(34)24-14-10-6-8-12-18-28-20-16-22-30(26-28)33(3)4/h15-16,19-22,25-26H,5-14,17-18,23-24H2,1-4H3. The van der Waals surface area contributed by atoms with E-state index in [1.165, 1.54) is 73.9 Å². The average Bonchev–Trinajstić information content (AvgIpc) is 2.83. The van der Waals surface area contributed by atoms with Gasteiger partial charge in [0.25, 0.3) is 0 Å². The number of nitrogens with zero attached hydrogens (tertiary/aromatic N) is 2. The molecule has 2 aromatic carbocycles. The molecule has 2 rings (SSSR count). The minimum absolute atomic E-state index is 0.473. The maximum absolute atomic E-state index is 12.2. The molecule has 34 heavy (non-hydrogen) atoms. The van der Waals surface area contributed by atoms with Crippen molar-refractivity contribution in [1.82, 2.24) is 0 Å². The third kappa shape index (κ3) is 11.7. The topological polar surface area (TPSA) is 23.6 Å². The molecule has 0 bridgehead atoms. The zero-order valence-corrected chi connectivity index (χ0v) is 22.3. The van der Waals surface area contributed by atoms with Crippen LogP contribution >= 0.6 is 0 Å². The summed E-state index contributed by atoms with van der Waals surface area (Å²) in [5.74, 6) is 0.473. The number of hydrogen-bond acceptors (Lipinski definition) is 3. The predicted molar refractivity (Wildman–Crippen MR) is 149 cm³/mol. The van der Waals surface area contributed by atoms with E-state index in [4.69, 9.17) is 0 Å². The van der Waals surface area contributed by atoms with E-state index < -0.39 is 0 Å². The van der Waals surface area contributed by atoms with Gasteiger partial charge in [-0.1, -0.05) is 62.8 Å². The van der Waals surface area contributed by atoms with Crippen molar-refractivity contribution in [3.63, 3.8) is 0 Å². The van der Waals surface area contributed by atoms with Crippen molar-refractivity contribution in [3.8, 4) is 0 Å². The number of Topliss-reactive ketones (excluding diaryl/α,β-unsaturated/α-hetero) is 1. The van der Waals surface area contributed by atoms with Gasteiger partial charge in [0.2, 0.25) is 0 Å². The van der Waals surface area contributed by atoms with E-state index in [9.17, 15) is 4.79 Å². The van der Waals surface area contributed by atoms with E-state index in [0.717, 1.165) is 38.5 Å². The van der Waals surface area contributed by atoms with Crippen molar-refractivity contribution in [2.75, 3.05) is 38.0 Å². The van der Waals surface area contributed by atoms with Gasteiger partial charge in [-0.3, -0.25) is 4.79 Å². The summed E-state index contributed by atoms with van der Waals surface area (Å²) in [5, 5.41) is 0. The van der Waals surface area contributed by atoms with Crippen LogP contribution in [0.15, 0.2) is 48.5 Å². The lowest BCUT2D eigenvalue weighted by molar-refractivity contribution is -0.119. The van der Waals surface area contributed by atoms with Crippen LogP contribution < -0.4 is 9.80 Å². The highest BCUT2D eigenvalue weighted by atomic mass is 16.1. The highest BCUT2D eigenvalue weighted by molar-refractivity contribution is 5.78. The lowest BCUT2D eigenvalue weighted by Crippen LogP contribution is -2.08. The molecule has 0 saturated carbocycles. The van der Waals surface area contributed by atoms with Gasteiger partial charge < -0.3 is 9.80 Å². The first kappa shape index (κ1) is 28.0. The Hall–Kier alpha value is -2.29. The van der Waals surface area contributed by atoms with Crippen molar-refractivity contribution in [3.05, 3.63) is 59.7 Å². The third-order valence-electron chi connectivity index (χ3n) is 6.70. The van der Waals surface area contributed by atoms with Gasteiger partial charge in [0.15, 0.2) is 0 Å². The smallest absolute Gasteiger partial charge is 0.132 e. The molecular weight excluding hydrogens is 416 g/mol. The molecule has 0 unspecified atom stereocenters. The maximum Gasteiger partial charge on any atom is 0.132 e. The van der Waals surface area contributed by atoms with Gasteiger partial charge in [-0.15, -0.1) is 0 Å². The van der Waals surface area contributed by atoms with Gasteiger partial charge in [-0.2, -0.15) is 0 Å². The van der Waals surface area contributed by atoms with Gasteiger partial charge in [-0.25, -0.2) is 0 Å². The summed E-state index contributed by atoms with van der Waals surface area (Å²) in [6.07, 6.45) is 15.9. The van der Waals surface area contributed by atoms with E-state index in [2.05, 4.69) is 86.5 Å². The van der Waals surface area contributed by atoms with Crippen LogP contribution in [0.1, 0.15) is 88.2 Å². The lowest BCUT2D eigenvalue weighted by atomic mass is 10.0. The summed E-state index contributed by atoms with van der Waals surface area (Å²) in [6, 6.07) is 17.7. The van der Waals surface area contributed by atoms with Crippen LogP contribution in [0.4, 0.5) is 11.4 Å². The molecule has 3 nitrogen and oxygen atoms in total. The molecular formula is C31H48N2O. The molecule has 0 aliphatic heterocycles. The van der Waals surface area contributed by atoms with Crippen molar-refractivity contribution in [1.29, 1.82) is 0 Å². The van der Waals surface area contributed by atoms with Gasteiger partial charge >= 0.3 is 0 Å². The van der Waals surface area contributed by atoms with Crippen LogP contribution in [0.2, 0.25) is 0 Å². The van der Waals surface area contributed by atoms with Crippen LogP contribution in [-0.2, 0) is 17.6 Å². The van der Waals surface area contributed by atoms with Crippen LogP contribution in [-0.4, -0.2) is 34.0 Å². The van der Waals surface area contributed by atoms with E-state index >= 15 is 0 Å². The van der Waals surface area contributed by atoms with Crippen molar-refractivity contribution in [2.45, 2.75) is 89.9 Å². The van der Waals surface area contributed by atoms with Crippen LogP contribution in [0.25, 0.3) is 0 Å². The summed E-state index contributed by atoms with van der Waals surface area (Å²) in [5.41, 5.74) is 5.42. The number of aryl methyl sites for hydroxylation is 2. The highest BCUT2D eigenvalue weighted by Crippen LogP contribution is 2.18. The average molecular weight is 465 g/mol. The number of ketones is 1. The molecule has 0 aliphatic rings. The first-order chi connectivity index (χ1) is 16.5. The van der Waals surface area contributed by atoms with Crippen molar-refractivity contribution < 1.29 is 4.79 Å². The Kier molecular flexibility index (Phi) is 13.4. The van der Waals surface area contributed by atoms with Crippen LogP contribution in [0.3, 0.4) is 0 Å². The fraction of sp³-hybridized carbons (Fsp3) is 0.581. The second-order valence-corrected chi connectivity index (χ2v) is 10.2. The minimum Gasteiger partial charge on any atom is -0.378 e. The predicted octanol–water partition coefficient (Wildman–Crippen LogP) is 7.85. The van der Waals surface area contributed by atoms with Crippen LogP contribution in [0, 0.1) is 0 Å². The summed E-state index contributed by atoms with van der Waals surface area (Å²) < 4.78 is 0. The van der Waals surface area contributed by atoms with Gasteiger partial charge in [-0.05, 0) is 73.9 Å². The normalized spacial score (nSPS) is 10.9. The summed E-state index contributed by atoms with van der Waals surface area (Å²) >= 11 is 0. The second kappa shape index (κ2) is 16.4. The molecule has 0 aromatic heterocycles. The molecule has 0 radical (unpaired) electrons. The number of anilines is 2. The van der Waals surface area contributed by atoms with Gasteiger partial charge in [0, 0.05) is 52.4 Å². The first-order valence-corrected chi connectivity index (χ1v) is 13.5. The minimum atomic E-state index is 0.473. The lowest BCUT2D eigenvalue weighted by Gasteiger charge is -2.13. The number of unbranched alkanes of at least 4 members (excludes halogenated alkanes) is 8. The fourth-order valence-electron chi connectivity index (χ4n) is 4.47. The van der Waals surface area contributed by atoms with Crippen LogP contribution in [0.5, 0.6) is 0 Å². The number of rotatable bonds is 18. The molecule has 0 fully saturated rings. The summed E-state index contributed by atoms with van der Waals surface area (Å²) in [6.45, 7) is 0. The molecule has 3 heteroatoms. The summed E-state index contributed by atoms with van der Waals surface area (Å²) in [7, 11) is 8.37. The van der Waals surface area contributed by atoms with E-state index in [1.807, 2.05) is 0 Å². The zero-order chi connectivity index (χ0) is 24.6. The molecule has 188 valence electrons. The Morgan fingerprint density at radius 3 is 1.35 bits per heavy atom. The third-order valence-corrected chi connectivity index (χ3v) is 6.70. The molecule has 0 spiro atoms. The number of carbonyl (C=O) groups is 1. The van der Waals surface area contributed by atoms with E-state index in [-0.39, 0.29) is 0 Å². The van der Waals surface area contributed by atoms with Gasteiger partial charge in [0.1, 0.15) is 5.78 Å². The monoisotopic (exact) mass is 464 g/mol. The SMILES string of the molecule is CN(C)c1cccc(CCCCCCCC(=O)CCCCCCCc2cccc(N(C)C)c2)c1. The number of hydrogen-bond donors (Lipinski definition) is 0. The molecule has 0 amide bonds. The molecule has 0 N–H and O–H groups in total. The molecule has 0 atom stereocenters. The quantitative estimate of drug-likeness (QED) is 0.210. The van der Waals surface area contributed by atoms with Gasteiger partial charge in [0.05, 0.1) is 0 Å². The molecule has 0 aliphatic carbocycles. The Labute approximate surface area is 209 Å². The fourth-order valence-corrected chi connectivity index (χ4v) is 4.47. The summed E-state index contributed by atoms with van der Waals surface area (Å²) in [4.78, 5) is 16.5. The zero-order valence-electron chi connectivity index (χ0n) is 22.3. The first-order valence-electron chi connectivity index (χ1n) is 13.5. The largest absolute Gasteiger partial charge is 0.378 e.